The highest BCUT2D eigenvalue weighted by Gasteiger charge is 2.37. The molecule has 6 nitrogen and oxygen atoms in total. The molecule has 0 amide bonds. The smallest absolute Gasteiger partial charge is 0.319 e. The maximum Gasteiger partial charge on any atom is 0.499 e. The van der Waals surface area contributed by atoms with Crippen molar-refractivity contribution in [1.82, 2.24) is 8.96 Å². The van der Waals surface area contributed by atoms with Crippen molar-refractivity contribution in [1.29, 1.82) is 0 Å². The summed E-state index contributed by atoms with van der Waals surface area (Å²) in [5.74, 6) is 9.91. The van der Waals surface area contributed by atoms with Gasteiger partial charge < -0.3 is 8.96 Å². The van der Waals surface area contributed by atoms with Gasteiger partial charge in [0, 0.05) is 62.0 Å². The summed E-state index contributed by atoms with van der Waals surface area (Å²) >= 11 is 20.5. The first-order valence-electron chi connectivity index (χ1n) is 35.1. The highest BCUT2D eigenvalue weighted by atomic mass is 35.5. The lowest BCUT2D eigenvalue weighted by molar-refractivity contribution is 0.626. The number of aromatic nitrogens is 2. The van der Waals surface area contributed by atoms with Crippen LogP contribution < -0.4 is 11.0 Å². The highest BCUT2D eigenvalue weighted by Crippen LogP contribution is 2.47. The largest absolute Gasteiger partial charge is 0.499 e. The lowest BCUT2D eigenvalue weighted by atomic mass is 10.1. The van der Waals surface area contributed by atoms with Crippen LogP contribution in [0.2, 0.25) is 0 Å². The first-order chi connectivity index (χ1) is 42.4. The molecule has 0 spiro atoms. The number of fused-ring (bicyclic) bond motifs is 10. The van der Waals surface area contributed by atoms with Crippen molar-refractivity contribution in [2.75, 3.05) is 34.5 Å². The van der Waals surface area contributed by atoms with Crippen molar-refractivity contribution in [3.8, 4) is 0 Å². The van der Waals surface area contributed by atoms with Gasteiger partial charge in [0.25, 0.3) is 0 Å². The Labute approximate surface area is 552 Å². The number of halogens is 1. The minimum Gasteiger partial charge on any atom is -0.319 e. The van der Waals surface area contributed by atoms with E-state index in [-0.39, 0.29) is 0 Å². The fourth-order valence-electron chi connectivity index (χ4n) is 12.2. The molecule has 2 aromatic heterocycles. The number of nitrogens with zero attached hydrogens (tertiary/aromatic N) is 6. The number of aliphatic imine (C=N–C) groups is 2. The van der Waals surface area contributed by atoms with Crippen LogP contribution >= 0.6 is 82.0 Å². The number of hydrogen-bond acceptors (Lipinski definition) is 10. The Hall–Kier alpha value is -1.87. The lowest BCUT2D eigenvalue weighted by Gasteiger charge is -2.18. The fraction of sp³-hybridized carbons (Fsp3) is 0.667. The van der Waals surface area contributed by atoms with Crippen molar-refractivity contribution in [2.45, 2.75) is 302 Å². The summed E-state index contributed by atoms with van der Waals surface area (Å²) in [4.78, 5) is 31.2. The molecule has 8 rings (SSSR count). The number of thioether (sulfide) groups is 6. The molecule has 0 unspecified atom stereocenters. The van der Waals surface area contributed by atoms with Crippen LogP contribution in [-0.2, 0) is 0 Å². The molecule has 14 heteroatoms. The highest BCUT2D eigenvalue weighted by molar-refractivity contribution is 8.03. The van der Waals surface area contributed by atoms with E-state index < -0.39 is 6.40 Å². The van der Waals surface area contributed by atoms with Gasteiger partial charge in [0.2, 0.25) is 0 Å². The third-order valence-electron chi connectivity index (χ3n) is 17.4. The summed E-state index contributed by atoms with van der Waals surface area (Å²) in [6.45, 7) is 13.9. The molecule has 0 atom stereocenters. The molecule has 5 heterocycles. The number of unbranched alkanes of at least 4 members (excludes halogenated alkanes) is 30. The van der Waals surface area contributed by atoms with Crippen molar-refractivity contribution >= 4 is 133 Å². The summed E-state index contributed by atoms with van der Waals surface area (Å²) in [7, 11) is 0. The summed E-state index contributed by atoms with van der Waals surface area (Å²) in [6.07, 6.45) is 46.2. The van der Waals surface area contributed by atoms with E-state index in [1.807, 2.05) is 70.6 Å². The van der Waals surface area contributed by atoms with Crippen LogP contribution in [0.5, 0.6) is 0 Å². The van der Waals surface area contributed by atoms with Gasteiger partial charge >= 0.3 is 6.40 Å². The molecule has 472 valence electrons. The van der Waals surface area contributed by atoms with Gasteiger partial charge in [-0.05, 0) is 109 Å². The van der Waals surface area contributed by atoms with Crippen LogP contribution in [0, 0.1) is 0 Å². The first-order valence-corrected chi connectivity index (χ1v) is 41.4. The Morgan fingerprint density at radius 1 is 0.291 bits per heavy atom. The molecule has 0 saturated heterocycles. The molecule has 0 radical (unpaired) electrons. The molecule has 4 bridgehead atoms. The number of amidine groups is 2. The fourth-order valence-corrected chi connectivity index (χ4v) is 19.5. The molecule has 3 aliphatic rings. The minimum absolute atomic E-state index is 0.639. The molecular weight excluding hydrogens is 1190 g/mol. The number of rotatable bonds is 48. The predicted molar refractivity (Wildman–Crippen MR) is 392 cm³/mol. The Morgan fingerprint density at radius 3 is 0.872 bits per heavy atom. The van der Waals surface area contributed by atoms with Gasteiger partial charge in [-0.25, -0.2) is 20.0 Å². The van der Waals surface area contributed by atoms with Gasteiger partial charge in [-0.3, -0.25) is 0 Å². The monoisotopic (exact) mass is 1290 g/mol. The van der Waals surface area contributed by atoms with Crippen molar-refractivity contribution in [3.05, 3.63) is 58.5 Å². The lowest BCUT2D eigenvalue weighted by Crippen LogP contribution is -2.44. The van der Waals surface area contributed by atoms with E-state index in [1.54, 1.807) is 0 Å². The van der Waals surface area contributed by atoms with Crippen molar-refractivity contribution in [3.63, 3.8) is 0 Å². The molecule has 3 aromatic carbocycles. The number of benzene rings is 3. The summed E-state index contributed by atoms with van der Waals surface area (Å²) in [6, 6.07) is 14.8. The van der Waals surface area contributed by atoms with Crippen LogP contribution in [0.15, 0.2) is 85.7 Å². The molecule has 3 aliphatic heterocycles. The molecule has 0 saturated carbocycles. The van der Waals surface area contributed by atoms with Crippen LogP contribution in [0.1, 0.15) is 284 Å². The summed E-state index contributed by atoms with van der Waals surface area (Å²) in [5, 5.41) is 4.49. The van der Waals surface area contributed by atoms with E-state index in [2.05, 4.69) is 86.9 Å². The van der Waals surface area contributed by atoms with E-state index in [0.29, 0.717) is 0 Å². The second-order valence-electron chi connectivity index (χ2n) is 24.7. The molecular formula is C72H108BClN6S6. The standard InChI is InChI=1S/C72H108BClN6S6/c1-7-13-19-25-31-37-43-81-61-49-55-56(50-62(61)82-44-38-32-26-20-14-8-2)68-75-67(55)76-69-57-51-63(83-45-39-33-27-21-15-9-3)65(85-47-41-35-29-23-17-11-5)53-59(57)71-78-72-60-54-66(86-48-42-36-30-24-18-12-6)64(84-46-40-34-28-22-16-10-4)52-58(60)70(77-68)80(72)73(74)79(69)71/h49-54H,7-48H2,1-6H3. The minimum atomic E-state index is -0.639. The van der Waals surface area contributed by atoms with E-state index in [0.717, 1.165) is 101 Å². The maximum absolute atomic E-state index is 8.22. The molecule has 0 N–H and O–H groups in total. The Kier molecular flexibility index (Phi) is 32.2. The van der Waals surface area contributed by atoms with Gasteiger partial charge in [0.1, 0.15) is 22.6 Å². The maximum atomic E-state index is 8.22. The zero-order chi connectivity index (χ0) is 60.1. The quantitative estimate of drug-likeness (QED) is 0.0220. The summed E-state index contributed by atoms with van der Waals surface area (Å²) in [5.41, 5.74) is 3.91. The van der Waals surface area contributed by atoms with Gasteiger partial charge in [0.15, 0.2) is 11.7 Å². The second-order valence-corrected chi connectivity index (χ2v) is 31.9. The second kappa shape index (κ2) is 39.5. The van der Waals surface area contributed by atoms with E-state index in [1.165, 1.54) is 261 Å². The zero-order valence-corrected chi connectivity index (χ0v) is 59.9. The van der Waals surface area contributed by atoms with Crippen molar-refractivity contribution < 1.29 is 0 Å². The summed E-state index contributed by atoms with van der Waals surface area (Å²) < 4.78 is 4.49. The average Bonchev–Trinajstić information content (AvgIpc) is 1.59. The van der Waals surface area contributed by atoms with Crippen LogP contribution in [0.25, 0.3) is 21.5 Å². The Balaban J connectivity index is 1.29. The van der Waals surface area contributed by atoms with Crippen molar-refractivity contribution in [2.24, 2.45) is 20.0 Å². The van der Waals surface area contributed by atoms with E-state index in [4.69, 9.17) is 31.4 Å². The van der Waals surface area contributed by atoms with Crippen LogP contribution in [0.3, 0.4) is 0 Å². The van der Waals surface area contributed by atoms with Gasteiger partial charge in [-0.2, -0.15) is 0 Å². The third-order valence-corrected chi connectivity index (χ3v) is 25.0. The first kappa shape index (κ1) is 70.0. The predicted octanol–water partition coefficient (Wildman–Crippen LogP) is 24.7. The van der Waals surface area contributed by atoms with E-state index >= 15 is 0 Å². The Morgan fingerprint density at radius 2 is 0.547 bits per heavy atom. The van der Waals surface area contributed by atoms with Gasteiger partial charge in [-0.15, -0.1) is 82.0 Å². The average molecular weight is 1300 g/mol. The van der Waals surface area contributed by atoms with Crippen LogP contribution in [0.4, 0.5) is 11.6 Å². The molecule has 86 heavy (non-hydrogen) atoms. The van der Waals surface area contributed by atoms with E-state index in [9.17, 15) is 0 Å². The van der Waals surface area contributed by atoms with Gasteiger partial charge in [0.05, 0.1) is 0 Å². The third kappa shape index (κ3) is 20.1. The SMILES string of the molecule is CCCCCCCCSc1cc2c(cc1SCCCCCCCC)C1=Nc3c4cc(SCCCCCCCC)c(SCCCCCCCC)cc4c4n3B(Cl)n3c(c5cc(SCCCCCCCC)c(SCCCCCCCC)cc5c3=N4)=NC2=N1. The van der Waals surface area contributed by atoms with Gasteiger partial charge in [-0.1, -0.05) is 234 Å². The van der Waals surface area contributed by atoms with Crippen LogP contribution in [-0.4, -0.2) is 61.5 Å². The number of hydrogen-bond donors (Lipinski definition) is 0. The topological polar surface area (TPSA) is 59.3 Å². The molecule has 0 aliphatic carbocycles. The normalized spacial score (nSPS) is 13.3. The Bertz CT molecular complexity index is 3060. The molecule has 5 aromatic rings. The molecule has 0 fully saturated rings. The zero-order valence-electron chi connectivity index (χ0n) is 54.3.